The van der Waals surface area contributed by atoms with Crippen LogP contribution in [0.25, 0.3) is 22.2 Å². The molecule has 0 atom stereocenters. The lowest BCUT2D eigenvalue weighted by Gasteiger charge is -2.12. The number of fused-ring (bicyclic) bond motifs is 1. The van der Waals surface area contributed by atoms with Crippen molar-refractivity contribution in [3.8, 4) is 28.5 Å². The molecule has 4 rings (SSSR count). The minimum atomic E-state index is -4.75. The minimum absolute atomic E-state index is 0.246. The number of hydrogen-bond acceptors (Lipinski definition) is 3. The fourth-order valence-corrected chi connectivity index (χ4v) is 3.74. The Bertz CT molecular complexity index is 1190. The summed E-state index contributed by atoms with van der Waals surface area (Å²) >= 11 is 0. The number of benzene rings is 3. The van der Waals surface area contributed by atoms with Crippen LogP contribution in [-0.2, 0) is 6.42 Å². The molecule has 32 heavy (non-hydrogen) atoms. The maximum absolute atomic E-state index is 12.8. The molecule has 0 saturated carbocycles. The number of hydrogen-bond donors (Lipinski definition) is 2. The molecule has 0 fully saturated rings. The molecular formula is C25H23F3N2O2. The third-order valence-electron chi connectivity index (χ3n) is 5.12. The second-order valence-electron chi connectivity index (χ2n) is 7.39. The minimum Gasteiger partial charge on any atom is -0.457 e. The van der Waals surface area contributed by atoms with Gasteiger partial charge in [0.15, 0.2) is 0 Å². The van der Waals surface area contributed by atoms with Crippen molar-refractivity contribution >= 4 is 10.9 Å². The summed E-state index contributed by atoms with van der Waals surface area (Å²) in [7, 11) is 0. The van der Waals surface area contributed by atoms with Crippen LogP contribution in [0, 0.1) is 0 Å². The van der Waals surface area contributed by atoms with Crippen LogP contribution in [0.1, 0.15) is 18.4 Å². The molecule has 3 aromatic carbocycles. The zero-order valence-electron chi connectivity index (χ0n) is 17.3. The van der Waals surface area contributed by atoms with E-state index in [2.05, 4.69) is 9.72 Å². The highest BCUT2D eigenvalue weighted by molar-refractivity contribution is 5.92. The number of rotatable bonds is 8. The third-order valence-corrected chi connectivity index (χ3v) is 5.12. The molecule has 3 N–H and O–H groups in total. The molecule has 0 aliphatic carbocycles. The van der Waals surface area contributed by atoms with E-state index in [-0.39, 0.29) is 5.75 Å². The first-order valence-corrected chi connectivity index (χ1v) is 10.4. The molecule has 0 unspecified atom stereocenters. The van der Waals surface area contributed by atoms with Gasteiger partial charge in [0.05, 0.1) is 5.69 Å². The predicted octanol–water partition coefficient (Wildman–Crippen LogP) is 6.81. The predicted molar refractivity (Wildman–Crippen MR) is 119 cm³/mol. The van der Waals surface area contributed by atoms with Gasteiger partial charge in [-0.15, -0.1) is 13.2 Å². The lowest BCUT2D eigenvalue weighted by Crippen LogP contribution is -2.16. The fourth-order valence-electron chi connectivity index (χ4n) is 3.74. The standard InChI is InChI=1S/C25H23F3N2O2/c26-25(27,28)32-18-13-14-22-21(16-18)19(10-6-7-15-29)24(30-22)20-11-4-5-12-23(20)31-17-8-2-1-3-9-17/h1-5,8-9,11-14,16,30H,6-7,10,15,29H2. The van der Waals surface area contributed by atoms with Crippen molar-refractivity contribution in [1.29, 1.82) is 0 Å². The summed E-state index contributed by atoms with van der Waals surface area (Å²) in [6.45, 7) is 0.549. The Morgan fingerprint density at radius 3 is 2.34 bits per heavy atom. The number of aryl methyl sites for hydroxylation is 1. The van der Waals surface area contributed by atoms with Gasteiger partial charge in [-0.25, -0.2) is 0 Å². The van der Waals surface area contributed by atoms with Gasteiger partial charge >= 0.3 is 6.36 Å². The highest BCUT2D eigenvalue weighted by atomic mass is 19.4. The van der Waals surface area contributed by atoms with Gasteiger partial charge in [-0.3, -0.25) is 0 Å². The van der Waals surface area contributed by atoms with Gasteiger partial charge in [-0.1, -0.05) is 30.3 Å². The highest BCUT2D eigenvalue weighted by Gasteiger charge is 2.31. The van der Waals surface area contributed by atoms with Gasteiger partial charge in [-0.2, -0.15) is 0 Å². The molecule has 1 aromatic heterocycles. The molecule has 0 bridgehead atoms. The first-order valence-electron chi connectivity index (χ1n) is 10.4. The summed E-state index contributed by atoms with van der Waals surface area (Å²) in [6, 6.07) is 21.4. The Kier molecular flexibility index (Phi) is 6.37. The van der Waals surface area contributed by atoms with Crippen LogP contribution in [0.15, 0.2) is 72.8 Å². The average Bonchev–Trinajstić information content (AvgIpc) is 3.12. The van der Waals surface area contributed by atoms with Gasteiger partial charge in [-0.05, 0) is 73.8 Å². The van der Waals surface area contributed by atoms with Crippen LogP contribution in [0.3, 0.4) is 0 Å². The fraction of sp³-hybridized carbons (Fsp3) is 0.200. The number of para-hydroxylation sites is 2. The Balaban J connectivity index is 1.80. The normalized spacial score (nSPS) is 11.6. The molecular weight excluding hydrogens is 417 g/mol. The van der Waals surface area contributed by atoms with Crippen molar-refractivity contribution in [2.45, 2.75) is 25.6 Å². The molecule has 7 heteroatoms. The van der Waals surface area contributed by atoms with E-state index in [0.29, 0.717) is 29.9 Å². The van der Waals surface area contributed by atoms with E-state index in [4.69, 9.17) is 10.5 Å². The second-order valence-corrected chi connectivity index (χ2v) is 7.39. The lowest BCUT2D eigenvalue weighted by atomic mass is 9.99. The molecule has 4 nitrogen and oxygen atoms in total. The first-order chi connectivity index (χ1) is 15.4. The van der Waals surface area contributed by atoms with Crippen LogP contribution >= 0.6 is 0 Å². The van der Waals surface area contributed by atoms with E-state index in [1.807, 2.05) is 54.6 Å². The number of aromatic amines is 1. The molecule has 0 saturated heterocycles. The van der Waals surface area contributed by atoms with E-state index < -0.39 is 6.36 Å². The largest absolute Gasteiger partial charge is 0.573 e. The summed E-state index contributed by atoms with van der Waals surface area (Å²) in [6.07, 6.45) is -2.47. The molecule has 0 radical (unpaired) electrons. The summed E-state index contributed by atoms with van der Waals surface area (Å²) in [5.74, 6) is 1.10. The zero-order valence-corrected chi connectivity index (χ0v) is 17.3. The SMILES string of the molecule is NCCCCc1c(-c2ccccc2Oc2ccccc2)[nH]c2ccc(OC(F)(F)F)cc12. The maximum atomic E-state index is 12.8. The molecule has 4 aromatic rings. The Morgan fingerprint density at radius 1 is 0.844 bits per heavy atom. The molecule has 0 amide bonds. The molecule has 0 aliphatic heterocycles. The summed E-state index contributed by atoms with van der Waals surface area (Å²) in [5.41, 5.74) is 8.94. The number of alkyl halides is 3. The summed E-state index contributed by atoms with van der Waals surface area (Å²) in [4.78, 5) is 3.38. The van der Waals surface area contributed by atoms with Gasteiger partial charge in [0, 0.05) is 16.5 Å². The first kappa shape index (κ1) is 21.8. The number of aromatic nitrogens is 1. The number of unbranched alkanes of at least 4 members (excludes halogenated alkanes) is 1. The highest BCUT2D eigenvalue weighted by Crippen LogP contribution is 2.39. The Labute approximate surface area is 183 Å². The summed E-state index contributed by atoms with van der Waals surface area (Å²) in [5, 5.41) is 0.688. The topological polar surface area (TPSA) is 60.3 Å². The van der Waals surface area contributed by atoms with Crippen LogP contribution < -0.4 is 15.2 Å². The van der Waals surface area contributed by atoms with Crippen molar-refractivity contribution in [3.63, 3.8) is 0 Å². The van der Waals surface area contributed by atoms with E-state index >= 15 is 0 Å². The van der Waals surface area contributed by atoms with Crippen molar-refractivity contribution in [2.75, 3.05) is 6.54 Å². The van der Waals surface area contributed by atoms with Gasteiger partial charge in [0.25, 0.3) is 0 Å². The van der Waals surface area contributed by atoms with Gasteiger partial charge in [0.2, 0.25) is 0 Å². The zero-order chi connectivity index (χ0) is 22.6. The van der Waals surface area contributed by atoms with Crippen LogP contribution in [0.5, 0.6) is 17.2 Å². The number of H-pyrrole nitrogens is 1. The van der Waals surface area contributed by atoms with E-state index in [1.165, 1.54) is 12.1 Å². The van der Waals surface area contributed by atoms with Crippen LogP contribution in [0.2, 0.25) is 0 Å². The quantitative estimate of drug-likeness (QED) is 0.296. The van der Waals surface area contributed by atoms with E-state index in [1.54, 1.807) is 6.07 Å². The summed E-state index contributed by atoms with van der Waals surface area (Å²) < 4.78 is 48.5. The number of nitrogens with one attached hydrogen (secondary N) is 1. The van der Waals surface area contributed by atoms with Crippen molar-refractivity contribution in [2.24, 2.45) is 5.73 Å². The van der Waals surface area contributed by atoms with Crippen LogP contribution in [0.4, 0.5) is 13.2 Å². The van der Waals surface area contributed by atoms with E-state index in [9.17, 15) is 13.2 Å². The molecule has 1 heterocycles. The average molecular weight is 440 g/mol. The molecule has 0 spiro atoms. The number of ether oxygens (including phenoxy) is 2. The van der Waals surface area contributed by atoms with Crippen molar-refractivity contribution in [3.05, 3.63) is 78.4 Å². The Hall–Kier alpha value is -3.45. The van der Waals surface area contributed by atoms with Gasteiger partial charge < -0.3 is 20.2 Å². The van der Waals surface area contributed by atoms with E-state index in [0.717, 1.165) is 35.2 Å². The van der Waals surface area contributed by atoms with Crippen LogP contribution in [-0.4, -0.2) is 17.9 Å². The smallest absolute Gasteiger partial charge is 0.457 e. The number of halogens is 3. The van der Waals surface area contributed by atoms with Crippen molar-refractivity contribution in [1.82, 2.24) is 4.98 Å². The van der Waals surface area contributed by atoms with Gasteiger partial charge in [0.1, 0.15) is 17.2 Å². The Morgan fingerprint density at radius 2 is 1.59 bits per heavy atom. The monoisotopic (exact) mass is 440 g/mol. The molecule has 166 valence electrons. The van der Waals surface area contributed by atoms with Crippen molar-refractivity contribution < 1.29 is 22.6 Å². The molecule has 0 aliphatic rings. The third kappa shape index (κ3) is 5.06. The maximum Gasteiger partial charge on any atom is 0.573 e. The second kappa shape index (κ2) is 9.36. The lowest BCUT2D eigenvalue weighted by molar-refractivity contribution is -0.274. The number of nitrogens with two attached hydrogens (primary N) is 1.